The molecule has 0 aromatic carbocycles. The fourth-order valence-corrected chi connectivity index (χ4v) is 2.69. The van der Waals surface area contributed by atoms with Crippen molar-refractivity contribution in [2.24, 2.45) is 13.0 Å². The highest BCUT2D eigenvalue weighted by Crippen LogP contribution is 2.31. The third-order valence-electron chi connectivity index (χ3n) is 3.48. The predicted octanol–water partition coefficient (Wildman–Crippen LogP) is 0.846. The molecule has 5 heteroatoms. The largest absolute Gasteiger partial charge is 0.389 e. The van der Waals surface area contributed by atoms with Crippen molar-refractivity contribution in [1.82, 2.24) is 20.3 Å². The number of hydrogen-bond donors (Lipinski definition) is 2. The van der Waals surface area contributed by atoms with Gasteiger partial charge in [0.15, 0.2) is 0 Å². The fourth-order valence-electron chi connectivity index (χ4n) is 2.69. The molecule has 1 aliphatic carbocycles. The first-order chi connectivity index (χ1) is 8.07. The third-order valence-corrected chi connectivity index (χ3v) is 3.48. The Kier molecular flexibility index (Phi) is 3.79. The van der Waals surface area contributed by atoms with Crippen LogP contribution in [-0.4, -0.2) is 32.2 Å². The maximum absolute atomic E-state index is 10.4. The Bertz CT molecular complexity index is 365. The second kappa shape index (κ2) is 5.14. The Morgan fingerprint density at radius 2 is 2.47 bits per heavy atom. The molecule has 96 valence electrons. The van der Waals surface area contributed by atoms with Crippen molar-refractivity contribution >= 4 is 0 Å². The zero-order valence-electron chi connectivity index (χ0n) is 10.7. The molecule has 2 unspecified atom stereocenters. The van der Waals surface area contributed by atoms with E-state index in [1.54, 1.807) is 4.68 Å². The quantitative estimate of drug-likeness (QED) is 0.816. The zero-order chi connectivity index (χ0) is 12.3. The third kappa shape index (κ3) is 3.51. The molecule has 2 N–H and O–H groups in total. The van der Waals surface area contributed by atoms with Crippen LogP contribution in [0.1, 0.15) is 38.3 Å². The molecular weight excluding hydrogens is 216 g/mol. The minimum Gasteiger partial charge on any atom is -0.389 e. The number of aliphatic hydroxyl groups is 1. The van der Waals surface area contributed by atoms with E-state index in [-0.39, 0.29) is 0 Å². The first-order valence-electron chi connectivity index (χ1n) is 6.36. The molecule has 5 nitrogen and oxygen atoms in total. The lowest BCUT2D eigenvalue weighted by molar-refractivity contribution is -0.0119. The van der Waals surface area contributed by atoms with Crippen molar-refractivity contribution in [1.29, 1.82) is 0 Å². The molecule has 2 atom stereocenters. The summed E-state index contributed by atoms with van der Waals surface area (Å²) in [6.45, 7) is 3.53. The Hall–Kier alpha value is -0.940. The van der Waals surface area contributed by atoms with E-state index in [0.717, 1.165) is 25.0 Å². The fraction of sp³-hybridized carbons (Fsp3) is 0.833. The van der Waals surface area contributed by atoms with Gasteiger partial charge in [-0.3, -0.25) is 4.68 Å². The maximum Gasteiger partial charge on any atom is 0.0964 e. The van der Waals surface area contributed by atoms with Crippen molar-refractivity contribution in [3.63, 3.8) is 0 Å². The number of rotatable bonds is 4. The topological polar surface area (TPSA) is 63.0 Å². The summed E-state index contributed by atoms with van der Waals surface area (Å²) in [4.78, 5) is 0. The average molecular weight is 238 g/mol. The average Bonchev–Trinajstić information content (AvgIpc) is 2.63. The summed E-state index contributed by atoms with van der Waals surface area (Å²) in [6, 6.07) is 0. The molecule has 0 saturated heterocycles. The lowest BCUT2D eigenvalue weighted by Gasteiger charge is -2.35. The smallest absolute Gasteiger partial charge is 0.0964 e. The van der Waals surface area contributed by atoms with Gasteiger partial charge in [-0.2, -0.15) is 0 Å². The molecule has 0 radical (unpaired) electrons. The summed E-state index contributed by atoms with van der Waals surface area (Å²) in [5.74, 6) is 0.632. The van der Waals surface area contributed by atoms with Crippen molar-refractivity contribution in [2.75, 3.05) is 6.54 Å². The lowest BCUT2D eigenvalue weighted by atomic mass is 9.79. The van der Waals surface area contributed by atoms with Crippen LogP contribution in [0.15, 0.2) is 6.20 Å². The summed E-state index contributed by atoms with van der Waals surface area (Å²) in [6.07, 6.45) is 6.07. The molecule has 17 heavy (non-hydrogen) atoms. The zero-order valence-corrected chi connectivity index (χ0v) is 10.7. The number of nitrogens with zero attached hydrogens (tertiary/aromatic N) is 3. The molecule has 1 saturated carbocycles. The van der Waals surface area contributed by atoms with E-state index in [1.165, 1.54) is 6.42 Å². The highest BCUT2D eigenvalue weighted by Gasteiger charge is 2.31. The van der Waals surface area contributed by atoms with Crippen LogP contribution in [0.4, 0.5) is 0 Å². The molecule has 1 heterocycles. The number of hydrogen-bond acceptors (Lipinski definition) is 4. The van der Waals surface area contributed by atoms with Crippen LogP contribution in [0.25, 0.3) is 0 Å². The first-order valence-corrected chi connectivity index (χ1v) is 6.36. The van der Waals surface area contributed by atoms with Crippen molar-refractivity contribution in [3.8, 4) is 0 Å². The molecule has 2 rings (SSSR count). The van der Waals surface area contributed by atoms with Gasteiger partial charge in [-0.1, -0.05) is 25.0 Å². The summed E-state index contributed by atoms with van der Waals surface area (Å²) in [5, 5.41) is 21.6. The van der Waals surface area contributed by atoms with Crippen LogP contribution in [0.2, 0.25) is 0 Å². The van der Waals surface area contributed by atoms with Gasteiger partial charge in [0.1, 0.15) is 0 Å². The maximum atomic E-state index is 10.4. The van der Waals surface area contributed by atoms with Crippen molar-refractivity contribution < 1.29 is 5.11 Å². The summed E-state index contributed by atoms with van der Waals surface area (Å²) < 4.78 is 1.69. The standard InChI is InChI=1S/C12H22N4O/c1-10-4-3-5-12(17,6-10)9-13-7-11-8-16(2)15-14-11/h8,10,13,17H,3-7,9H2,1-2H3. The SMILES string of the molecule is CC1CCCC(O)(CNCc2cn(C)nn2)C1. The van der Waals surface area contributed by atoms with Crippen LogP contribution < -0.4 is 5.32 Å². The van der Waals surface area contributed by atoms with Crippen LogP contribution in [-0.2, 0) is 13.6 Å². The normalized spacial score (nSPS) is 29.5. The van der Waals surface area contributed by atoms with E-state index in [4.69, 9.17) is 0 Å². The molecule has 0 spiro atoms. The van der Waals surface area contributed by atoms with Gasteiger partial charge in [0.25, 0.3) is 0 Å². The molecule has 1 aromatic heterocycles. The molecule has 1 fully saturated rings. The summed E-state index contributed by atoms with van der Waals surface area (Å²) in [5.41, 5.74) is 0.389. The van der Waals surface area contributed by atoms with Crippen LogP contribution >= 0.6 is 0 Å². The Labute approximate surface area is 102 Å². The number of aromatic nitrogens is 3. The molecule has 1 aliphatic rings. The van der Waals surface area contributed by atoms with Gasteiger partial charge in [0, 0.05) is 26.3 Å². The highest BCUT2D eigenvalue weighted by molar-refractivity contribution is 4.93. The van der Waals surface area contributed by atoms with Gasteiger partial charge in [-0.15, -0.1) is 5.10 Å². The number of nitrogens with one attached hydrogen (secondary N) is 1. The van der Waals surface area contributed by atoms with E-state index in [0.29, 0.717) is 19.0 Å². The van der Waals surface area contributed by atoms with Crippen LogP contribution in [0, 0.1) is 5.92 Å². The summed E-state index contributed by atoms with van der Waals surface area (Å²) in [7, 11) is 1.85. The van der Waals surface area contributed by atoms with Crippen LogP contribution in [0.3, 0.4) is 0 Å². The van der Waals surface area contributed by atoms with Gasteiger partial charge in [-0.25, -0.2) is 0 Å². The summed E-state index contributed by atoms with van der Waals surface area (Å²) >= 11 is 0. The predicted molar refractivity (Wildman–Crippen MR) is 65.3 cm³/mol. The second-order valence-electron chi connectivity index (χ2n) is 5.41. The molecular formula is C12H22N4O. The monoisotopic (exact) mass is 238 g/mol. The molecule has 0 bridgehead atoms. The van der Waals surface area contributed by atoms with Crippen molar-refractivity contribution in [3.05, 3.63) is 11.9 Å². The Morgan fingerprint density at radius 3 is 3.12 bits per heavy atom. The minimum atomic E-state index is -0.528. The molecule has 0 amide bonds. The van der Waals surface area contributed by atoms with E-state index in [1.807, 2.05) is 13.2 Å². The van der Waals surface area contributed by atoms with E-state index >= 15 is 0 Å². The minimum absolute atomic E-state index is 0.528. The highest BCUT2D eigenvalue weighted by atomic mass is 16.3. The molecule has 1 aromatic rings. The van der Waals surface area contributed by atoms with Gasteiger partial charge in [0.2, 0.25) is 0 Å². The van der Waals surface area contributed by atoms with Gasteiger partial charge in [0.05, 0.1) is 11.3 Å². The van der Waals surface area contributed by atoms with E-state index < -0.39 is 5.60 Å². The second-order valence-corrected chi connectivity index (χ2v) is 5.41. The first kappa shape index (κ1) is 12.5. The van der Waals surface area contributed by atoms with Crippen molar-refractivity contribution in [2.45, 2.75) is 44.8 Å². The van der Waals surface area contributed by atoms with Crippen LogP contribution in [0.5, 0.6) is 0 Å². The van der Waals surface area contributed by atoms with Gasteiger partial charge < -0.3 is 10.4 Å². The molecule has 0 aliphatic heterocycles. The van der Waals surface area contributed by atoms with Gasteiger partial charge >= 0.3 is 0 Å². The lowest BCUT2D eigenvalue weighted by Crippen LogP contribution is -2.43. The van der Waals surface area contributed by atoms with E-state index in [2.05, 4.69) is 22.6 Å². The number of aryl methyl sites for hydroxylation is 1. The van der Waals surface area contributed by atoms with Gasteiger partial charge in [-0.05, 0) is 18.8 Å². The van der Waals surface area contributed by atoms with E-state index in [9.17, 15) is 5.11 Å². The Balaban J connectivity index is 1.77. The Morgan fingerprint density at radius 1 is 1.65 bits per heavy atom.